The van der Waals surface area contributed by atoms with E-state index in [4.69, 9.17) is 10.5 Å². The summed E-state index contributed by atoms with van der Waals surface area (Å²) >= 11 is 0. The third-order valence-electron chi connectivity index (χ3n) is 4.11. The van der Waals surface area contributed by atoms with Crippen LogP contribution in [0.25, 0.3) is 0 Å². The summed E-state index contributed by atoms with van der Waals surface area (Å²) in [4.78, 5) is 0. The van der Waals surface area contributed by atoms with Gasteiger partial charge in [-0.25, -0.2) is 0 Å². The molecule has 0 amide bonds. The maximum atomic E-state index is 5.98. The van der Waals surface area contributed by atoms with E-state index in [1.54, 1.807) is 0 Å². The number of ether oxygens (including phenoxy) is 1. The summed E-state index contributed by atoms with van der Waals surface area (Å²) in [5, 5.41) is 0. The molecule has 0 bridgehead atoms. The van der Waals surface area contributed by atoms with Gasteiger partial charge in [-0.05, 0) is 30.9 Å². The monoisotopic (exact) mass is 233 g/mol. The highest BCUT2D eigenvalue weighted by Gasteiger charge is 2.47. The van der Waals surface area contributed by atoms with Crippen LogP contribution in [0.15, 0.2) is 24.3 Å². The molecule has 1 unspecified atom stereocenters. The van der Waals surface area contributed by atoms with E-state index < -0.39 is 0 Å². The van der Waals surface area contributed by atoms with Gasteiger partial charge in [0.2, 0.25) is 0 Å². The molecule has 1 atom stereocenters. The molecule has 1 aliphatic rings. The van der Waals surface area contributed by atoms with Gasteiger partial charge in [-0.15, -0.1) is 0 Å². The Morgan fingerprint density at radius 3 is 2.18 bits per heavy atom. The first-order chi connectivity index (χ1) is 8.10. The standard InChI is InChI=1S/C15H23NO/c1-11(2)14(8-16)15(9-17-10-15)13-6-4-12(3)5-7-13/h4-7,11,14H,8-10,16H2,1-3H3. The SMILES string of the molecule is Cc1ccc(C2(C(CN)C(C)C)COC2)cc1. The number of aryl methyl sites for hydroxylation is 1. The minimum atomic E-state index is 0.149. The molecule has 0 aromatic heterocycles. The molecule has 0 saturated carbocycles. The highest BCUT2D eigenvalue weighted by atomic mass is 16.5. The van der Waals surface area contributed by atoms with Gasteiger partial charge in [0.25, 0.3) is 0 Å². The topological polar surface area (TPSA) is 35.2 Å². The van der Waals surface area contributed by atoms with Gasteiger partial charge in [-0.2, -0.15) is 0 Å². The van der Waals surface area contributed by atoms with Crippen molar-refractivity contribution in [3.05, 3.63) is 35.4 Å². The summed E-state index contributed by atoms with van der Waals surface area (Å²) in [5.74, 6) is 1.09. The van der Waals surface area contributed by atoms with E-state index in [1.807, 2.05) is 0 Å². The van der Waals surface area contributed by atoms with Crippen molar-refractivity contribution in [3.63, 3.8) is 0 Å². The van der Waals surface area contributed by atoms with Crippen LogP contribution in [0, 0.1) is 18.8 Å². The predicted octanol–water partition coefficient (Wildman–Crippen LogP) is 2.49. The van der Waals surface area contributed by atoms with Crippen LogP contribution in [0.1, 0.15) is 25.0 Å². The van der Waals surface area contributed by atoms with E-state index >= 15 is 0 Å². The fourth-order valence-electron chi connectivity index (χ4n) is 2.94. The Bertz CT molecular complexity index is 365. The minimum Gasteiger partial charge on any atom is -0.379 e. The zero-order valence-electron chi connectivity index (χ0n) is 11.1. The van der Waals surface area contributed by atoms with Gasteiger partial charge in [0.1, 0.15) is 0 Å². The lowest BCUT2D eigenvalue weighted by molar-refractivity contribution is -0.0982. The molecule has 1 aromatic carbocycles. The average Bonchev–Trinajstić information content (AvgIpc) is 2.24. The Balaban J connectivity index is 2.33. The quantitative estimate of drug-likeness (QED) is 0.867. The Hall–Kier alpha value is -0.860. The van der Waals surface area contributed by atoms with Gasteiger partial charge in [0.15, 0.2) is 0 Å². The molecule has 1 saturated heterocycles. The first-order valence-electron chi connectivity index (χ1n) is 6.45. The Morgan fingerprint density at radius 1 is 1.24 bits per heavy atom. The molecule has 0 radical (unpaired) electrons. The second-order valence-electron chi connectivity index (χ2n) is 5.60. The fourth-order valence-corrected chi connectivity index (χ4v) is 2.94. The largest absolute Gasteiger partial charge is 0.379 e. The number of rotatable bonds is 4. The second-order valence-corrected chi connectivity index (χ2v) is 5.60. The number of benzene rings is 1. The molecule has 1 heterocycles. The van der Waals surface area contributed by atoms with E-state index in [-0.39, 0.29) is 5.41 Å². The highest BCUT2D eigenvalue weighted by molar-refractivity contribution is 5.32. The first-order valence-corrected chi connectivity index (χ1v) is 6.45. The molecular weight excluding hydrogens is 210 g/mol. The molecule has 1 aliphatic heterocycles. The summed E-state index contributed by atoms with van der Waals surface area (Å²) < 4.78 is 5.50. The second kappa shape index (κ2) is 4.79. The Kier molecular flexibility index (Phi) is 3.55. The van der Waals surface area contributed by atoms with Crippen LogP contribution in [0.5, 0.6) is 0 Å². The van der Waals surface area contributed by atoms with Gasteiger partial charge < -0.3 is 10.5 Å². The Morgan fingerprint density at radius 2 is 1.82 bits per heavy atom. The van der Waals surface area contributed by atoms with Crippen LogP contribution in [-0.2, 0) is 10.2 Å². The van der Waals surface area contributed by atoms with Crippen LogP contribution < -0.4 is 5.73 Å². The van der Waals surface area contributed by atoms with E-state index in [2.05, 4.69) is 45.0 Å². The molecule has 2 N–H and O–H groups in total. The van der Waals surface area contributed by atoms with Gasteiger partial charge in [0.05, 0.1) is 13.2 Å². The third kappa shape index (κ3) is 2.12. The average molecular weight is 233 g/mol. The molecule has 2 heteroatoms. The molecule has 2 nitrogen and oxygen atoms in total. The maximum Gasteiger partial charge on any atom is 0.0588 e. The van der Waals surface area contributed by atoms with Crippen LogP contribution in [0.3, 0.4) is 0 Å². The van der Waals surface area contributed by atoms with E-state index in [0.29, 0.717) is 11.8 Å². The number of nitrogens with two attached hydrogens (primary N) is 1. The molecule has 1 aromatic rings. The highest BCUT2D eigenvalue weighted by Crippen LogP contribution is 2.42. The van der Waals surface area contributed by atoms with Crippen LogP contribution in [-0.4, -0.2) is 19.8 Å². The zero-order chi connectivity index (χ0) is 12.5. The van der Waals surface area contributed by atoms with Crippen molar-refractivity contribution in [1.29, 1.82) is 0 Å². The molecule has 2 rings (SSSR count). The summed E-state index contributed by atoms with van der Waals surface area (Å²) in [6.07, 6.45) is 0. The lowest BCUT2D eigenvalue weighted by atomic mass is 9.64. The molecule has 17 heavy (non-hydrogen) atoms. The fraction of sp³-hybridized carbons (Fsp3) is 0.600. The van der Waals surface area contributed by atoms with E-state index in [0.717, 1.165) is 19.8 Å². The van der Waals surface area contributed by atoms with Crippen molar-refractivity contribution in [3.8, 4) is 0 Å². The van der Waals surface area contributed by atoms with Crippen molar-refractivity contribution in [2.75, 3.05) is 19.8 Å². The zero-order valence-corrected chi connectivity index (χ0v) is 11.1. The van der Waals surface area contributed by atoms with Crippen LogP contribution >= 0.6 is 0 Å². The molecule has 0 aliphatic carbocycles. The molecule has 1 fully saturated rings. The van der Waals surface area contributed by atoms with Crippen molar-refractivity contribution < 1.29 is 4.74 Å². The minimum absolute atomic E-state index is 0.149. The van der Waals surface area contributed by atoms with Crippen LogP contribution in [0.2, 0.25) is 0 Å². The summed E-state index contributed by atoms with van der Waals surface area (Å²) in [6.45, 7) is 9.00. The van der Waals surface area contributed by atoms with Crippen molar-refractivity contribution >= 4 is 0 Å². The first kappa shape index (κ1) is 12.6. The van der Waals surface area contributed by atoms with E-state index in [9.17, 15) is 0 Å². The van der Waals surface area contributed by atoms with Gasteiger partial charge >= 0.3 is 0 Å². The smallest absolute Gasteiger partial charge is 0.0588 e. The summed E-state index contributed by atoms with van der Waals surface area (Å²) in [6, 6.07) is 8.85. The van der Waals surface area contributed by atoms with Gasteiger partial charge in [-0.1, -0.05) is 43.7 Å². The number of hydrogen-bond acceptors (Lipinski definition) is 2. The summed E-state index contributed by atoms with van der Waals surface area (Å²) in [5.41, 5.74) is 8.82. The maximum absolute atomic E-state index is 5.98. The van der Waals surface area contributed by atoms with Gasteiger partial charge in [-0.3, -0.25) is 0 Å². The van der Waals surface area contributed by atoms with Crippen LogP contribution in [0.4, 0.5) is 0 Å². The van der Waals surface area contributed by atoms with Crippen molar-refractivity contribution in [2.45, 2.75) is 26.2 Å². The summed E-state index contributed by atoms with van der Waals surface area (Å²) in [7, 11) is 0. The van der Waals surface area contributed by atoms with Crippen molar-refractivity contribution in [1.82, 2.24) is 0 Å². The lowest BCUT2D eigenvalue weighted by Crippen LogP contribution is -2.56. The lowest BCUT2D eigenvalue weighted by Gasteiger charge is -2.49. The normalized spacial score (nSPS) is 20.1. The van der Waals surface area contributed by atoms with Crippen molar-refractivity contribution in [2.24, 2.45) is 17.6 Å². The molecule has 0 spiro atoms. The van der Waals surface area contributed by atoms with Gasteiger partial charge in [0, 0.05) is 5.41 Å². The number of hydrogen-bond donors (Lipinski definition) is 1. The van der Waals surface area contributed by atoms with E-state index in [1.165, 1.54) is 11.1 Å². The molecular formula is C15H23NO. The Labute approximate surface area is 104 Å². The molecule has 94 valence electrons. The third-order valence-corrected chi connectivity index (χ3v) is 4.11. The predicted molar refractivity (Wildman–Crippen MR) is 71.1 cm³/mol.